The maximum absolute atomic E-state index is 10.7. The number of ether oxygens (including phenoxy) is 3. The van der Waals surface area contributed by atoms with E-state index in [0.29, 0.717) is 19.8 Å². The number of aliphatic carboxylic acids is 1. The lowest BCUT2D eigenvalue weighted by Crippen LogP contribution is -2.62. The summed E-state index contributed by atoms with van der Waals surface area (Å²) in [6.45, 7) is 3.05. The topological polar surface area (TPSA) is 65.0 Å². The summed E-state index contributed by atoms with van der Waals surface area (Å²) in [4.78, 5) is 10.7. The third-order valence-electron chi connectivity index (χ3n) is 2.09. The molecule has 3 fully saturated rings. The largest absolute Gasteiger partial charge is 0.475 e. The van der Waals surface area contributed by atoms with Gasteiger partial charge in [0.25, 0.3) is 0 Å². The summed E-state index contributed by atoms with van der Waals surface area (Å²) in [7, 11) is 0. The van der Waals surface area contributed by atoms with E-state index in [0.717, 1.165) is 0 Å². The average molecular weight is 174 g/mol. The minimum Gasteiger partial charge on any atom is -0.475 e. The van der Waals surface area contributed by atoms with Crippen LogP contribution in [0.3, 0.4) is 0 Å². The predicted molar refractivity (Wildman–Crippen MR) is 36.3 cm³/mol. The van der Waals surface area contributed by atoms with Crippen LogP contribution in [-0.4, -0.2) is 36.9 Å². The van der Waals surface area contributed by atoms with Crippen LogP contribution in [0.5, 0.6) is 0 Å². The molecule has 0 aromatic rings. The Kier molecular flexibility index (Phi) is 1.45. The highest BCUT2D eigenvalue weighted by Gasteiger charge is 2.55. The standard InChI is InChI=1S/C7H10O5/c1-6-2-10-7(5(8)9,11-3-6)12-4-6/h2-4H2,1H3,(H,8,9). The molecule has 5 heteroatoms. The minimum atomic E-state index is -1.82. The minimum absolute atomic E-state index is 0.183. The van der Waals surface area contributed by atoms with Gasteiger partial charge in [-0.1, -0.05) is 6.92 Å². The second-order valence-electron chi connectivity index (χ2n) is 3.54. The average Bonchev–Trinajstić information content (AvgIpc) is 2.06. The zero-order valence-corrected chi connectivity index (χ0v) is 6.70. The van der Waals surface area contributed by atoms with Crippen LogP contribution in [0.1, 0.15) is 6.92 Å². The Bertz CT molecular complexity index is 199. The molecule has 3 heterocycles. The van der Waals surface area contributed by atoms with Gasteiger partial charge in [0.05, 0.1) is 19.8 Å². The van der Waals surface area contributed by atoms with Crippen molar-refractivity contribution < 1.29 is 24.1 Å². The summed E-state index contributed by atoms with van der Waals surface area (Å²) in [5, 5.41) is 8.72. The van der Waals surface area contributed by atoms with E-state index in [4.69, 9.17) is 19.3 Å². The van der Waals surface area contributed by atoms with Gasteiger partial charge >= 0.3 is 11.9 Å². The molecule has 0 aromatic heterocycles. The van der Waals surface area contributed by atoms with Crippen LogP contribution in [0, 0.1) is 5.41 Å². The van der Waals surface area contributed by atoms with E-state index in [2.05, 4.69) is 0 Å². The molecule has 3 aliphatic heterocycles. The molecule has 5 nitrogen and oxygen atoms in total. The van der Waals surface area contributed by atoms with Gasteiger partial charge in [-0.05, 0) is 0 Å². The summed E-state index contributed by atoms with van der Waals surface area (Å²) in [5.74, 6) is -3.04. The van der Waals surface area contributed by atoms with Crippen LogP contribution in [0.4, 0.5) is 0 Å². The van der Waals surface area contributed by atoms with E-state index < -0.39 is 11.9 Å². The fourth-order valence-electron chi connectivity index (χ4n) is 1.24. The lowest BCUT2D eigenvalue weighted by Gasteiger charge is -2.47. The third kappa shape index (κ3) is 0.939. The fraction of sp³-hybridized carbons (Fsp3) is 0.857. The molecule has 1 N–H and O–H groups in total. The molecular weight excluding hydrogens is 164 g/mol. The van der Waals surface area contributed by atoms with Gasteiger partial charge in [-0.25, -0.2) is 4.79 Å². The quantitative estimate of drug-likeness (QED) is 0.596. The maximum Gasteiger partial charge on any atom is 0.395 e. The molecule has 3 rings (SSSR count). The van der Waals surface area contributed by atoms with Crippen molar-refractivity contribution >= 4 is 5.97 Å². The number of rotatable bonds is 1. The maximum atomic E-state index is 10.7. The number of carboxylic acid groups (broad SMARTS) is 1. The van der Waals surface area contributed by atoms with Crippen LogP contribution in [0.15, 0.2) is 0 Å². The Morgan fingerprint density at radius 2 is 1.67 bits per heavy atom. The Morgan fingerprint density at radius 1 is 1.25 bits per heavy atom. The first kappa shape index (κ1) is 7.97. The summed E-state index contributed by atoms with van der Waals surface area (Å²) in [5.41, 5.74) is -0.183. The molecule has 0 radical (unpaired) electrons. The van der Waals surface area contributed by atoms with E-state index in [1.54, 1.807) is 0 Å². The number of fused-ring (bicyclic) bond motifs is 3. The van der Waals surface area contributed by atoms with Crippen LogP contribution in [0.2, 0.25) is 0 Å². The molecule has 0 unspecified atom stereocenters. The zero-order valence-electron chi connectivity index (χ0n) is 6.70. The molecule has 0 aromatic carbocycles. The molecule has 2 bridgehead atoms. The van der Waals surface area contributed by atoms with Gasteiger partial charge in [0.15, 0.2) is 0 Å². The Labute approximate surface area is 69.2 Å². The smallest absolute Gasteiger partial charge is 0.395 e. The molecule has 0 saturated carbocycles. The number of hydrogen-bond donors (Lipinski definition) is 1. The van der Waals surface area contributed by atoms with E-state index in [9.17, 15) is 4.79 Å². The van der Waals surface area contributed by atoms with Gasteiger partial charge in [0, 0.05) is 5.41 Å². The van der Waals surface area contributed by atoms with Crippen molar-refractivity contribution in [2.24, 2.45) is 5.41 Å². The molecule has 12 heavy (non-hydrogen) atoms. The molecule has 3 aliphatic rings. The molecule has 0 amide bonds. The van der Waals surface area contributed by atoms with E-state index in [1.165, 1.54) is 0 Å². The van der Waals surface area contributed by atoms with Gasteiger partial charge in [-0.2, -0.15) is 0 Å². The summed E-state index contributed by atoms with van der Waals surface area (Å²) in [6.07, 6.45) is 0. The second-order valence-corrected chi connectivity index (χ2v) is 3.54. The lowest BCUT2D eigenvalue weighted by molar-refractivity contribution is -0.445. The Morgan fingerprint density at radius 3 is 2.00 bits per heavy atom. The van der Waals surface area contributed by atoms with Crippen molar-refractivity contribution in [3.8, 4) is 0 Å². The molecule has 3 saturated heterocycles. The highest BCUT2D eigenvalue weighted by Crippen LogP contribution is 2.37. The first-order valence-corrected chi connectivity index (χ1v) is 3.72. The highest BCUT2D eigenvalue weighted by atomic mass is 16.9. The first-order chi connectivity index (χ1) is 5.56. The molecule has 0 atom stereocenters. The van der Waals surface area contributed by atoms with Gasteiger partial charge in [0.2, 0.25) is 0 Å². The van der Waals surface area contributed by atoms with Crippen LogP contribution in [0.25, 0.3) is 0 Å². The predicted octanol–water partition coefficient (Wildman–Crippen LogP) is -0.192. The van der Waals surface area contributed by atoms with E-state index in [-0.39, 0.29) is 5.41 Å². The summed E-state index contributed by atoms with van der Waals surface area (Å²) >= 11 is 0. The summed E-state index contributed by atoms with van der Waals surface area (Å²) < 4.78 is 15.0. The van der Waals surface area contributed by atoms with Gasteiger partial charge in [-0.3, -0.25) is 0 Å². The Hall–Kier alpha value is -0.650. The van der Waals surface area contributed by atoms with Gasteiger partial charge in [0.1, 0.15) is 0 Å². The number of carboxylic acids is 1. The summed E-state index contributed by atoms with van der Waals surface area (Å²) in [6, 6.07) is 0. The van der Waals surface area contributed by atoms with Crippen LogP contribution in [-0.2, 0) is 19.0 Å². The lowest BCUT2D eigenvalue weighted by atomic mass is 9.92. The van der Waals surface area contributed by atoms with E-state index in [1.807, 2.05) is 6.92 Å². The highest BCUT2D eigenvalue weighted by molar-refractivity contribution is 5.74. The Balaban J connectivity index is 2.20. The van der Waals surface area contributed by atoms with Crippen LogP contribution < -0.4 is 0 Å². The fourth-order valence-corrected chi connectivity index (χ4v) is 1.24. The van der Waals surface area contributed by atoms with Crippen molar-refractivity contribution in [3.63, 3.8) is 0 Å². The SMILES string of the molecule is CC12COC(C(=O)O)(OC1)OC2. The molecule has 0 aliphatic carbocycles. The second kappa shape index (κ2) is 2.18. The van der Waals surface area contributed by atoms with Crippen molar-refractivity contribution in [2.75, 3.05) is 19.8 Å². The first-order valence-electron chi connectivity index (χ1n) is 3.72. The molecule has 0 spiro atoms. The third-order valence-corrected chi connectivity index (χ3v) is 2.09. The van der Waals surface area contributed by atoms with E-state index >= 15 is 0 Å². The number of carbonyl (C=O) groups is 1. The number of hydrogen-bond acceptors (Lipinski definition) is 4. The van der Waals surface area contributed by atoms with Gasteiger partial charge < -0.3 is 19.3 Å². The normalized spacial score (nSPS) is 46.1. The molecule has 68 valence electrons. The van der Waals surface area contributed by atoms with Crippen molar-refractivity contribution in [3.05, 3.63) is 0 Å². The van der Waals surface area contributed by atoms with Crippen molar-refractivity contribution in [1.82, 2.24) is 0 Å². The van der Waals surface area contributed by atoms with Crippen molar-refractivity contribution in [2.45, 2.75) is 12.9 Å². The van der Waals surface area contributed by atoms with Crippen LogP contribution >= 0.6 is 0 Å². The molecular formula is C7H10O5. The zero-order chi connectivity index (χ0) is 8.82. The van der Waals surface area contributed by atoms with Crippen molar-refractivity contribution in [1.29, 1.82) is 0 Å². The van der Waals surface area contributed by atoms with Gasteiger partial charge in [-0.15, -0.1) is 0 Å². The monoisotopic (exact) mass is 174 g/mol.